The van der Waals surface area contributed by atoms with Crippen LogP contribution in [0.25, 0.3) is 0 Å². The fraction of sp³-hybridized carbons (Fsp3) is 0.286. The molecule has 1 amide bonds. The van der Waals surface area contributed by atoms with E-state index in [0.29, 0.717) is 15.7 Å². The summed E-state index contributed by atoms with van der Waals surface area (Å²) in [6.45, 7) is 5.97. The Bertz CT molecular complexity index is 669. The van der Waals surface area contributed by atoms with Gasteiger partial charge in [0.25, 0.3) is 5.91 Å². The number of nitrogen functional groups attached to an aromatic ring is 1. The van der Waals surface area contributed by atoms with E-state index in [1.54, 1.807) is 0 Å². The molecule has 0 aliphatic heterocycles. The van der Waals surface area contributed by atoms with Gasteiger partial charge in [0.1, 0.15) is 10.7 Å². The van der Waals surface area contributed by atoms with Crippen LogP contribution in [0.5, 0.6) is 0 Å². The molecule has 0 spiro atoms. The summed E-state index contributed by atoms with van der Waals surface area (Å²) in [4.78, 5) is 16.9. The molecule has 5 nitrogen and oxygen atoms in total. The highest BCUT2D eigenvalue weighted by atomic mass is 79.9. The topological polar surface area (TPSA) is 80.0 Å². The van der Waals surface area contributed by atoms with Gasteiger partial charge in [-0.3, -0.25) is 4.79 Å². The summed E-state index contributed by atoms with van der Waals surface area (Å²) in [5.74, 6) is -0.0162. The number of aryl methyl sites for hydroxylation is 1. The molecule has 21 heavy (non-hydrogen) atoms. The minimum Gasteiger partial charge on any atom is -0.382 e. The molecule has 0 fully saturated rings. The highest BCUT2D eigenvalue weighted by Gasteiger charge is 2.17. The summed E-state index contributed by atoms with van der Waals surface area (Å²) in [6, 6.07) is 5.92. The maximum absolute atomic E-state index is 12.3. The van der Waals surface area contributed by atoms with Crippen LogP contribution in [0.2, 0.25) is 0 Å². The van der Waals surface area contributed by atoms with Crippen molar-refractivity contribution in [3.63, 3.8) is 0 Å². The number of carbonyl (C=O) groups excluding carboxylic acids is 1. The number of nitrogens with two attached hydrogens (primary N) is 1. The molecule has 0 atom stereocenters. The molecule has 0 saturated heterocycles. The van der Waals surface area contributed by atoms with Crippen molar-refractivity contribution in [2.75, 3.05) is 16.4 Å². The number of hydrogen-bond donors (Lipinski definition) is 3. The van der Waals surface area contributed by atoms with E-state index in [4.69, 9.17) is 5.73 Å². The van der Waals surface area contributed by atoms with Gasteiger partial charge in [-0.05, 0) is 48.3 Å². The van der Waals surface area contributed by atoms with Crippen LogP contribution < -0.4 is 16.4 Å². The molecule has 0 bridgehead atoms. The van der Waals surface area contributed by atoms with Gasteiger partial charge >= 0.3 is 0 Å². The quantitative estimate of drug-likeness (QED) is 0.764. The summed E-state index contributed by atoms with van der Waals surface area (Å²) < 4.78 is 0.863. The fourth-order valence-electron chi connectivity index (χ4n) is 1.73. The SMILES string of the molecule is Cc1cccc(NC(=O)c2sc(NC(C)C)nc2N)c1Br. The lowest BCUT2D eigenvalue weighted by Crippen LogP contribution is -2.12. The number of nitrogens with one attached hydrogen (secondary N) is 2. The molecular weight excluding hydrogens is 352 g/mol. The van der Waals surface area contributed by atoms with Gasteiger partial charge in [0, 0.05) is 10.5 Å². The Labute approximate surface area is 136 Å². The van der Waals surface area contributed by atoms with Crippen molar-refractivity contribution in [1.82, 2.24) is 4.98 Å². The van der Waals surface area contributed by atoms with E-state index in [2.05, 4.69) is 31.5 Å². The van der Waals surface area contributed by atoms with Gasteiger partial charge in [0.15, 0.2) is 5.13 Å². The van der Waals surface area contributed by atoms with E-state index < -0.39 is 0 Å². The van der Waals surface area contributed by atoms with Crippen molar-refractivity contribution in [2.24, 2.45) is 0 Å². The summed E-state index contributed by atoms with van der Waals surface area (Å²) in [6.07, 6.45) is 0. The van der Waals surface area contributed by atoms with E-state index in [-0.39, 0.29) is 17.8 Å². The van der Waals surface area contributed by atoms with Crippen molar-refractivity contribution in [2.45, 2.75) is 26.8 Å². The van der Waals surface area contributed by atoms with Gasteiger partial charge < -0.3 is 16.4 Å². The van der Waals surface area contributed by atoms with E-state index in [0.717, 1.165) is 10.0 Å². The minimum absolute atomic E-state index is 0.234. The number of aromatic nitrogens is 1. The Morgan fingerprint density at radius 3 is 2.81 bits per heavy atom. The van der Waals surface area contributed by atoms with Crippen molar-refractivity contribution in [3.8, 4) is 0 Å². The molecule has 0 saturated carbocycles. The average Bonchev–Trinajstić information content (AvgIpc) is 2.75. The first-order chi connectivity index (χ1) is 9.88. The van der Waals surface area contributed by atoms with Crippen LogP contribution in [0.15, 0.2) is 22.7 Å². The highest BCUT2D eigenvalue weighted by Crippen LogP contribution is 2.29. The van der Waals surface area contributed by atoms with Gasteiger partial charge in [-0.2, -0.15) is 0 Å². The molecule has 4 N–H and O–H groups in total. The lowest BCUT2D eigenvalue weighted by Gasteiger charge is -2.08. The van der Waals surface area contributed by atoms with E-state index >= 15 is 0 Å². The molecule has 1 aromatic carbocycles. The molecule has 0 aliphatic carbocycles. The van der Waals surface area contributed by atoms with Crippen LogP contribution in [0.1, 0.15) is 29.1 Å². The predicted octanol–water partition coefficient (Wildman–Crippen LogP) is 3.87. The normalized spacial score (nSPS) is 10.7. The second-order valence-electron chi connectivity index (χ2n) is 4.92. The number of carbonyl (C=O) groups is 1. The first kappa shape index (κ1) is 15.8. The zero-order valence-corrected chi connectivity index (χ0v) is 14.4. The second-order valence-corrected chi connectivity index (χ2v) is 6.72. The molecule has 7 heteroatoms. The van der Waals surface area contributed by atoms with E-state index in [1.807, 2.05) is 39.0 Å². The van der Waals surface area contributed by atoms with Crippen molar-refractivity contribution >= 4 is 49.8 Å². The highest BCUT2D eigenvalue weighted by molar-refractivity contribution is 9.10. The van der Waals surface area contributed by atoms with Crippen molar-refractivity contribution in [3.05, 3.63) is 33.1 Å². The number of hydrogen-bond acceptors (Lipinski definition) is 5. The molecular formula is C14H17BrN4OS. The number of anilines is 3. The van der Waals surface area contributed by atoms with Crippen LogP contribution in [-0.2, 0) is 0 Å². The van der Waals surface area contributed by atoms with Crippen LogP contribution in [0.4, 0.5) is 16.6 Å². The Kier molecular flexibility index (Phi) is 4.84. The van der Waals surface area contributed by atoms with Crippen molar-refractivity contribution in [1.29, 1.82) is 0 Å². The van der Waals surface area contributed by atoms with Gasteiger partial charge in [-0.15, -0.1) is 0 Å². The molecule has 0 radical (unpaired) electrons. The van der Waals surface area contributed by atoms with Crippen molar-refractivity contribution < 1.29 is 4.79 Å². The van der Waals surface area contributed by atoms with Gasteiger partial charge in [0.2, 0.25) is 0 Å². The Balaban J connectivity index is 2.20. The monoisotopic (exact) mass is 368 g/mol. The van der Waals surface area contributed by atoms with Crippen LogP contribution in [0.3, 0.4) is 0 Å². The minimum atomic E-state index is -0.256. The number of thiazole rings is 1. The number of halogens is 1. The van der Waals surface area contributed by atoms with E-state index in [9.17, 15) is 4.79 Å². The Morgan fingerprint density at radius 1 is 1.43 bits per heavy atom. The lowest BCUT2D eigenvalue weighted by atomic mass is 10.2. The summed E-state index contributed by atoms with van der Waals surface area (Å²) in [5.41, 5.74) is 7.59. The molecule has 1 heterocycles. The molecule has 0 aliphatic rings. The Morgan fingerprint density at radius 2 is 2.14 bits per heavy atom. The standard InChI is InChI=1S/C14H17BrN4OS/c1-7(2)17-14-19-12(16)11(21-14)13(20)18-9-6-4-5-8(3)10(9)15/h4-7H,16H2,1-3H3,(H,17,19)(H,18,20). The number of benzene rings is 1. The molecule has 1 aromatic heterocycles. The third kappa shape index (κ3) is 3.74. The fourth-order valence-corrected chi connectivity index (χ4v) is 3.02. The molecule has 112 valence electrons. The number of amides is 1. The summed E-state index contributed by atoms with van der Waals surface area (Å²) >= 11 is 4.72. The molecule has 2 aromatic rings. The van der Waals surface area contributed by atoms with Gasteiger partial charge in [-0.1, -0.05) is 23.5 Å². The average molecular weight is 369 g/mol. The van der Waals surface area contributed by atoms with Gasteiger partial charge in [-0.25, -0.2) is 4.98 Å². The lowest BCUT2D eigenvalue weighted by molar-refractivity contribution is 0.103. The molecule has 2 rings (SSSR count). The Hall–Kier alpha value is -1.60. The third-order valence-electron chi connectivity index (χ3n) is 2.71. The van der Waals surface area contributed by atoms with Crippen LogP contribution in [0, 0.1) is 6.92 Å². The largest absolute Gasteiger partial charge is 0.382 e. The van der Waals surface area contributed by atoms with Crippen LogP contribution in [-0.4, -0.2) is 16.9 Å². The maximum atomic E-state index is 12.3. The smallest absolute Gasteiger partial charge is 0.269 e. The van der Waals surface area contributed by atoms with Crippen LogP contribution >= 0.6 is 27.3 Å². The first-order valence-corrected chi connectivity index (χ1v) is 8.08. The number of nitrogens with zero attached hydrogens (tertiary/aromatic N) is 1. The van der Waals surface area contributed by atoms with E-state index in [1.165, 1.54) is 11.3 Å². The number of rotatable bonds is 4. The first-order valence-electron chi connectivity index (χ1n) is 6.47. The second kappa shape index (κ2) is 6.44. The van der Waals surface area contributed by atoms with Gasteiger partial charge in [0.05, 0.1) is 5.69 Å². The molecule has 0 unspecified atom stereocenters. The zero-order chi connectivity index (χ0) is 15.6. The summed E-state index contributed by atoms with van der Waals surface area (Å²) in [5, 5.41) is 6.64. The maximum Gasteiger partial charge on any atom is 0.269 e. The zero-order valence-electron chi connectivity index (χ0n) is 12.0. The summed E-state index contributed by atoms with van der Waals surface area (Å²) in [7, 11) is 0. The predicted molar refractivity (Wildman–Crippen MR) is 92.1 cm³/mol. The third-order valence-corrected chi connectivity index (χ3v) is 4.77.